The van der Waals surface area contributed by atoms with Gasteiger partial charge < -0.3 is 0 Å². The minimum Gasteiger partial charge on any atom is -0.295 e. The Balaban J connectivity index is 2.34. The highest BCUT2D eigenvalue weighted by Gasteiger charge is 2.37. The van der Waals surface area contributed by atoms with Gasteiger partial charge >= 0.3 is 0 Å². The molecule has 2 rings (SSSR count). The van der Waals surface area contributed by atoms with E-state index in [0.29, 0.717) is 10.5 Å². The highest BCUT2D eigenvalue weighted by molar-refractivity contribution is 8.01. The van der Waals surface area contributed by atoms with Gasteiger partial charge in [-0.1, -0.05) is 5.57 Å². The molecule has 0 bridgehead atoms. The summed E-state index contributed by atoms with van der Waals surface area (Å²) in [5.41, 5.74) is 1.39. The van der Waals surface area contributed by atoms with Crippen LogP contribution in [0.25, 0.3) is 0 Å². The van der Waals surface area contributed by atoms with Crippen LogP contribution in [-0.4, -0.2) is 16.3 Å². The summed E-state index contributed by atoms with van der Waals surface area (Å²) in [7, 11) is 0. The molecule has 1 aliphatic heterocycles. The number of allylic oxidation sites excluding steroid dienone is 1. The lowest BCUT2D eigenvalue weighted by atomic mass is 9.87. The van der Waals surface area contributed by atoms with Gasteiger partial charge in [0.1, 0.15) is 0 Å². The number of hydrogen-bond donors (Lipinski definition) is 0. The van der Waals surface area contributed by atoms with E-state index in [9.17, 15) is 4.79 Å². The van der Waals surface area contributed by atoms with Gasteiger partial charge in [0.2, 0.25) is 0 Å². The Hall–Kier alpha value is -0.240. The van der Waals surface area contributed by atoms with E-state index in [2.05, 4.69) is 6.92 Å². The van der Waals surface area contributed by atoms with Gasteiger partial charge in [-0.2, -0.15) is 11.8 Å². The molecule has 1 nitrogen and oxygen atoms in total. The molecule has 1 heterocycles. The van der Waals surface area contributed by atoms with Crippen molar-refractivity contribution in [1.82, 2.24) is 0 Å². The van der Waals surface area contributed by atoms with Crippen molar-refractivity contribution in [3.05, 3.63) is 11.6 Å². The second kappa shape index (κ2) is 2.37. The Kier molecular flexibility index (Phi) is 1.60. The number of hydrogen-bond acceptors (Lipinski definition) is 2. The van der Waals surface area contributed by atoms with E-state index in [0.717, 1.165) is 19.3 Å². The lowest BCUT2D eigenvalue weighted by Gasteiger charge is -2.27. The molecule has 0 aromatic rings. The van der Waals surface area contributed by atoms with Crippen LogP contribution in [0.2, 0.25) is 0 Å². The third-order valence-electron chi connectivity index (χ3n) is 2.65. The first kappa shape index (κ1) is 7.41. The SMILES string of the molecule is C[C@]12CCC(=O)C=C1CCS2. The van der Waals surface area contributed by atoms with E-state index in [4.69, 9.17) is 0 Å². The van der Waals surface area contributed by atoms with Gasteiger partial charge in [0.15, 0.2) is 5.78 Å². The average Bonchev–Trinajstić information content (AvgIpc) is 2.31. The summed E-state index contributed by atoms with van der Waals surface area (Å²) in [5, 5.41) is 0. The molecule has 0 aromatic heterocycles. The van der Waals surface area contributed by atoms with E-state index in [-0.39, 0.29) is 0 Å². The van der Waals surface area contributed by atoms with Gasteiger partial charge in [0.25, 0.3) is 0 Å². The predicted molar refractivity (Wildman–Crippen MR) is 47.8 cm³/mol. The van der Waals surface area contributed by atoms with Crippen LogP contribution in [0, 0.1) is 0 Å². The Bertz CT molecular complexity index is 232. The molecule has 0 aromatic carbocycles. The zero-order valence-electron chi connectivity index (χ0n) is 6.72. The van der Waals surface area contributed by atoms with Gasteiger partial charge in [-0.15, -0.1) is 0 Å². The first-order valence-corrected chi connectivity index (χ1v) is 5.07. The van der Waals surface area contributed by atoms with Crippen molar-refractivity contribution < 1.29 is 4.79 Å². The van der Waals surface area contributed by atoms with Gasteiger partial charge in [-0.3, -0.25) is 4.79 Å². The number of rotatable bonds is 0. The van der Waals surface area contributed by atoms with E-state index in [1.165, 1.54) is 11.3 Å². The Morgan fingerprint density at radius 3 is 3.18 bits per heavy atom. The van der Waals surface area contributed by atoms with E-state index >= 15 is 0 Å². The molecular formula is C9H12OS. The van der Waals surface area contributed by atoms with Gasteiger partial charge in [0, 0.05) is 11.2 Å². The second-order valence-electron chi connectivity index (χ2n) is 3.47. The molecule has 2 aliphatic rings. The zero-order valence-corrected chi connectivity index (χ0v) is 7.54. The van der Waals surface area contributed by atoms with Crippen molar-refractivity contribution in [2.75, 3.05) is 5.75 Å². The van der Waals surface area contributed by atoms with E-state index < -0.39 is 0 Å². The van der Waals surface area contributed by atoms with Crippen LogP contribution in [0.5, 0.6) is 0 Å². The van der Waals surface area contributed by atoms with Crippen LogP contribution in [0.1, 0.15) is 26.2 Å². The molecule has 0 N–H and O–H groups in total. The topological polar surface area (TPSA) is 17.1 Å². The molecule has 1 atom stereocenters. The Labute approximate surface area is 71.2 Å². The molecule has 0 amide bonds. The average molecular weight is 168 g/mol. The smallest absolute Gasteiger partial charge is 0.155 e. The van der Waals surface area contributed by atoms with Crippen LogP contribution in [0.15, 0.2) is 11.6 Å². The molecule has 0 saturated carbocycles. The quantitative estimate of drug-likeness (QED) is 0.551. The maximum Gasteiger partial charge on any atom is 0.155 e. The normalized spacial score (nSPS) is 36.8. The molecule has 1 saturated heterocycles. The highest BCUT2D eigenvalue weighted by atomic mass is 32.2. The summed E-state index contributed by atoms with van der Waals surface area (Å²) in [4.78, 5) is 11.1. The van der Waals surface area contributed by atoms with Crippen LogP contribution in [-0.2, 0) is 4.79 Å². The monoisotopic (exact) mass is 168 g/mol. The molecule has 1 fully saturated rings. The van der Waals surface area contributed by atoms with Crippen LogP contribution >= 0.6 is 11.8 Å². The molecule has 2 heteroatoms. The summed E-state index contributed by atoms with van der Waals surface area (Å²) in [6, 6.07) is 0. The van der Waals surface area contributed by atoms with Gasteiger partial charge in [-0.05, 0) is 31.6 Å². The van der Waals surface area contributed by atoms with Gasteiger partial charge in [-0.25, -0.2) is 0 Å². The first-order valence-electron chi connectivity index (χ1n) is 4.08. The lowest BCUT2D eigenvalue weighted by Crippen LogP contribution is -2.24. The predicted octanol–water partition coefficient (Wildman–Crippen LogP) is 2.17. The zero-order chi connectivity index (χ0) is 7.90. The highest BCUT2D eigenvalue weighted by Crippen LogP contribution is 2.47. The minimum atomic E-state index is 0.327. The summed E-state index contributed by atoms with van der Waals surface area (Å²) in [5.74, 6) is 1.54. The maximum absolute atomic E-state index is 11.1. The van der Waals surface area contributed by atoms with Gasteiger partial charge in [0.05, 0.1) is 0 Å². The number of carbonyl (C=O) groups excluding carboxylic acids is 1. The third kappa shape index (κ3) is 1.13. The van der Waals surface area contributed by atoms with E-state index in [1.807, 2.05) is 17.8 Å². The van der Waals surface area contributed by atoms with Crippen LogP contribution in [0.3, 0.4) is 0 Å². The number of fused-ring (bicyclic) bond motifs is 1. The van der Waals surface area contributed by atoms with Crippen LogP contribution < -0.4 is 0 Å². The molecular weight excluding hydrogens is 156 g/mol. The minimum absolute atomic E-state index is 0.327. The van der Waals surface area contributed by atoms with Crippen molar-refractivity contribution in [2.45, 2.75) is 30.9 Å². The lowest BCUT2D eigenvalue weighted by molar-refractivity contribution is -0.115. The standard InChI is InChI=1S/C9H12OS/c1-9-4-2-8(10)6-7(9)3-5-11-9/h6H,2-5H2,1H3/t9-/m0/s1. The molecule has 60 valence electrons. The molecule has 11 heavy (non-hydrogen) atoms. The Morgan fingerprint density at radius 2 is 2.36 bits per heavy atom. The van der Waals surface area contributed by atoms with Crippen molar-refractivity contribution >= 4 is 17.5 Å². The summed E-state index contributed by atoms with van der Waals surface area (Å²) in [6.07, 6.45) is 4.83. The second-order valence-corrected chi connectivity index (χ2v) is 5.06. The van der Waals surface area contributed by atoms with Crippen molar-refractivity contribution in [2.24, 2.45) is 0 Å². The molecule has 0 radical (unpaired) electrons. The number of thioether (sulfide) groups is 1. The maximum atomic E-state index is 11.1. The first-order chi connectivity index (χ1) is 5.21. The van der Waals surface area contributed by atoms with Crippen LogP contribution in [0.4, 0.5) is 0 Å². The number of carbonyl (C=O) groups is 1. The fourth-order valence-corrected chi connectivity index (χ4v) is 3.19. The fourth-order valence-electron chi connectivity index (χ4n) is 1.83. The van der Waals surface area contributed by atoms with Crippen molar-refractivity contribution in [1.29, 1.82) is 0 Å². The molecule has 0 spiro atoms. The third-order valence-corrected chi connectivity index (χ3v) is 4.17. The van der Waals surface area contributed by atoms with E-state index in [1.54, 1.807) is 0 Å². The number of ketones is 1. The summed E-state index contributed by atoms with van der Waals surface area (Å²) in [6.45, 7) is 2.27. The fraction of sp³-hybridized carbons (Fsp3) is 0.667. The Morgan fingerprint density at radius 1 is 1.55 bits per heavy atom. The summed E-state index contributed by atoms with van der Waals surface area (Å²) < 4.78 is 0.327. The van der Waals surface area contributed by atoms with Crippen molar-refractivity contribution in [3.63, 3.8) is 0 Å². The molecule has 1 aliphatic carbocycles. The largest absolute Gasteiger partial charge is 0.295 e. The summed E-state index contributed by atoms with van der Waals surface area (Å²) >= 11 is 2.01. The van der Waals surface area contributed by atoms with Crippen molar-refractivity contribution in [3.8, 4) is 0 Å². The molecule has 0 unspecified atom stereocenters.